The van der Waals surface area contributed by atoms with Crippen LogP contribution in [0.4, 0.5) is 5.82 Å². The van der Waals surface area contributed by atoms with Gasteiger partial charge >= 0.3 is 5.97 Å². The third kappa shape index (κ3) is 5.71. The summed E-state index contributed by atoms with van der Waals surface area (Å²) in [6.07, 6.45) is 13.5. The molecule has 1 aliphatic carbocycles. The molecule has 1 atom stereocenters. The van der Waals surface area contributed by atoms with Gasteiger partial charge < -0.3 is 15.3 Å². The number of carbonyl (C=O) groups is 1. The largest absolute Gasteiger partial charge is 0.478 e. The van der Waals surface area contributed by atoms with E-state index in [4.69, 9.17) is 16.7 Å². The number of pyridine rings is 1. The highest BCUT2D eigenvalue weighted by atomic mass is 35.5. The second-order valence-electron chi connectivity index (χ2n) is 7.52. The van der Waals surface area contributed by atoms with E-state index < -0.39 is 5.97 Å². The number of piperidine rings is 1. The van der Waals surface area contributed by atoms with Crippen molar-refractivity contribution in [2.24, 2.45) is 5.92 Å². The number of nitrogens with zero attached hydrogens (tertiary/aromatic N) is 2. The van der Waals surface area contributed by atoms with Crippen LogP contribution in [-0.4, -0.2) is 46.6 Å². The van der Waals surface area contributed by atoms with Crippen molar-refractivity contribution in [2.75, 3.05) is 25.0 Å². The molecule has 1 aromatic rings. The number of halogens is 1. The van der Waals surface area contributed by atoms with Crippen molar-refractivity contribution >= 4 is 29.5 Å². The number of hydrogen-bond acceptors (Lipinski definition) is 4. The molecule has 0 aromatic carbocycles. The van der Waals surface area contributed by atoms with Crippen molar-refractivity contribution in [3.8, 4) is 0 Å². The van der Waals surface area contributed by atoms with Gasteiger partial charge in [-0.15, -0.1) is 0 Å². The number of rotatable bonds is 6. The first kappa shape index (κ1) is 19.2. The standard InChI is InChI=1S/C20H28ClN3O2/c21-18-11-16(8-9-19(25)26)12-22-20(18)23-17-7-4-10-24(14-17)13-15-5-2-1-3-6-15/h8-9,11-12,15,17H,1-7,10,13-14H2,(H,22,23)(H,25,26)/t17-/m1/s1. The van der Waals surface area contributed by atoms with E-state index >= 15 is 0 Å². The smallest absolute Gasteiger partial charge is 0.328 e. The summed E-state index contributed by atoms with van der Waals surface area (Å²) in [5.41, 5.74) is 0.686. The maximum atomic E-state index is 10.6. The summed E-state index contributed by atoms with van der Waals surface area (Å²) in [7, 11) is 0. The number of aliphatic carboxylic acids is 1. The predicted molar refractivity (Wildman–Crippen MR) is 106 cm³/mol. The van der Waals surface area contributed by atoms with Gasteiger partial charge in [-0.2, -0.15) is 0 Å². The Morgan fingerprint density at radius 3 is 2.85 bits per heavy atom. The minimum Gasteiger partial charge on any atom is -0.478 e. The van der Waals surface area contributed by atoms with Gasteiger partial charge in [0.15, 0.2) is 0 Å². The van der Waals surface area contributed by atoms with Gasteiger partial charge in [0, 0.05) is 31.4 Å². The van der Waals surface area contributed by atoms with Crippen LogP contribution in [-0.2, 0) is 4.79 Å². The third-order valence-corrected chi connectivity index (χ3v) is 5.66. The van der Waals surface area contributed by atoms with Crippen molar-refractivity contribution in [3.63, 3.8) is 0 Å². The van der Waals surface area contributed by atoms with Gasteiger partial charge in [0.25, 0.3) is 0 Å². The van der Waals surface area contributed by atoms with Crippen LogP contribution in [0.2, 0.25) is 5.02 Å². The molecule has 0 unspecified atom stereocenters. The monoisotopic (exact) mass is 377 g/mol. The molecule has 5 nitrogen and oxygen atoms in total. The molecule has 0 amide bonds. The predicted octanol–water partition coefficient (Wildman–Crippen LogP) is 4.29. The third-order valence-electron chi connectivity index (χ3n) is 5.37. The van der Waals surface area contributed by atoms with Crippen LogP contribution < -0.4 is 5.32 Å². The molecule has 0 spiro atoms. The average Bonchev–Trinajstić information content (AvgIpc) is 2.63. The van der Waals surface area contributed by atoms with Gasteiger partial charge in [-0.25, -0.2) is 9.78 Å². The maximum Gasteiger partial charge on any atom is 0.328 e. The SMILES string of the molecule is O=C(O)C=Cc1cnc(N[C@@H]2CCCN(CC3CCCCC3)C2)c(Cl)c1. The zero-order valence-electron chi connectivity index (χ0n) is 15.2. The van der Waals surface area contributed by atoms with E-state index in [1.807, 2.05) is 0 Å². The summed E-state index contributed by atoms with van der Waals surface area (Å²) in [6, 6.07) is 2.11. The zero-order valence-corrected chi connectivity index (χ0v) is 15.9. The van der Waals surface area contributed by atoms with Gasteiger partial charge in [-0.3, -0.25) is 0 Å². The fraction of sp³-hybridized carbons (Fsp3) is 0.600. The van der Waals surface area contributed by atoms with Crippen LogP contribution in [0.15, 0.2) is 18.3 Å². The summed E-state index contributed by atoms with van der Waals surface area (Å²) in [4.78, 5) is 17.6. The minimum atomic E-state index is -0.983. The van der Waals surface area contributed by atoms with E-state index in [1.54, 1.807) is 12.3 Å². The number of carboxylic acids is 1. The number of aromatic nitrogens is 1. The molecule has 2 heterocycles. The lowest BCUT2D eigenvalue weighted by Crippen LogP contribution is -2.44. The van der Waals surface area contributed by atoms with Gasteiger partial charge in [-0.05, 0) is 55.9 Å². The van der Waals surface area contributed by atoms with Gasteiger partial charge in [0.05, 0.1) is 5.02 Å². The zero-order chi connectivity index (χ0) is 18.4. The lowest BCUT2D eigenvalue weighted by Gasteiger charge is -2.36. The van der Waals surface area contributed by atoms with E-state index in [0.717, 1.165) is 25.0 Å². The quantitative estimate of drug-likeness (QED) is 0.724. The van der Waals surface area contributed by atoms with Crippen molar-refractivity contribution < 1.29 is 9.90 Å². The van der Waals surface area contributed by atoms with Crippen molar-refractivity contribution in [3.05, 3.63) is 28.9 Å². The normalized spacial score (nSPS) is 22.6. The first-order valence-electron chi connectivity index (χ1n) is 9.65. The molecule has 0 bridgehead atoms. The molecular weight excluding hydrogens is 350 g/mol. The van der Waals surface area contributed by atoms with E-state index in [1.165, 1.54) is 57.7 Å². The van der Waals surface area contributed by atoms with E-state index in [2.05, 4.69) is 15.2 Å². The van der Waals surface area contributed by atoms with E-state index in [9.17, 15) is 4.79 Å². The van der Waals surface area contributed by atoms with Gasteiger partial charge in [-0.1, -0.05) is 30.9 Å². The molecule has 2 fully saturated rings. The summed E-state index contributed by atoms with van der Waals surface area (Å²) >= 11 is 6.34. The first-order valence-corrected chi connectivity index (χ1v) is 10.0. The summed E-state index contributed by atoms with van der Waals surface area (Å²) in [6.45, 7) is 3.45. The fourth-order valence-electron chi connectivity index (χ4n) is 4.08. The number of nitrogens with one attached hydrogen (secondary N) is 1. The molecule has 1 aromatic heterocycles. The number of hydrogen-bond donors (Lipinski definition) is 2. The molecule has 3 rings (SSSR count). The summed E-state index contributed by atoms with van der Waals surface area (Å²) < 4.78 is 0. The Bertz CT molecular complexity index is 644. The molecule has 2 N–H and O–H groups in total. The van der Waals surface area contributed by atoms with E-state index in [-0.39, 0.29) is 0 Å². The van der Waals surface area contributed by atoms with Crippen LogP contribution in [0, 0.1) is 5.92 Å². The first-order chi connectivity index (χ1) is 12.6. The van der Waals surface area contributed by atoms with Crippen LogP contribution in [0.3, 0.4) is 0 Å². The van der Waals surface area contributed by atoms with Crippen molar-refractivity contribution in [1.82, 2.24) is 9.88 Å². The Kier molecular flexibility index (Phi) is 6.92. The Morgan fingerprint density at radius 1 is 1.31 bits per heavy atom. The Hall–Kier alpha value is -1.59. The molecule has 142 valence electrons. The Morgan fingerprint density at radius 2 is 2.12 bits per heavy atom. The second kappa shape index (κ2) is 9.38. The van der Waals surface area contributed by atoms with Crippen molar-refractivity contribution in [1.29, 1.82) is 0 Å². The fourth-order valence-corrected chi connectivity index (χ4v) is 4.31. The Labute approximate surface area is 160 Å². The van der Waals surface area contributed by atoms with Crippen LogP contribution in [0.1, 0.15) is 50.5 Å². The average molecular weight is 378 g/mol. The summed E-state index contributed by atoms with van der Waals surface area (Å²) in [5, 5.41) is 12.7. The van der Waals surface area contributed by atoms with Crippen LogP contribution in [0.25, 0.3) is 6.08 Å². The lowest BCUT2D eigenvalue weighted by atomic mass is 9.88. The lowest BCUT2D eigenvalue weighted by molar-refractivity contribution is -0.131. The Balaban J connectivity index is 1.55. The van der Waals surface area contributed by atoms with Crippen molar-refractivity contribution in [2.45, 2.75) is 51.0 Å². The molecule has 26 heavy (non-hydrogen) atoms. The molecule has 1 saturated carbocycles. The molecule has 1 aliphatic heterocycles. The highest BCUT2D eigenvalue weighted by molar-refractivity contribution is 6.33. The summed E-state index contributed by atoms with van der Waals surface area (Å²) in [5.74, 6) is 0.566. The number of carboxylic acid groups (broad SMARTS) is 1. The topological polar surface area (TPSA) is 65.5 Å². The molecule has 0 radical (unpaired) electrons. The number of likely N-dealkylation sites (tertiary alicyclic amines) is 1. The minimum absolute atomic E-state index is 0.359. The van der Waals surface area contributed by atoms with E-state index in [0.29, 0.717) is 22.4 Å². The second-order valence-corrected chi connectivity index (χ2v) is 7.92. The van der Waals surface area contributed by atoms with Crippen LogP contribution >= 0.6 is 11.6 Å². The van der Waals surface area contributed by atoms with Crippen LogP contribution in [0.5, 0.6) is 0 Å². The highest BCUT2D eigenvalue weighted by Gasteiger charge is 2.24. The highest BCUT2D eigenvalue weighted by Crippen LogP contribution is 2.27. The van der Waals surface area contributed by atoms with Gasteiger partial charge in [0.1, 0.15) is 5.82 Å². The molecule has 2 aliphatic rings. The maximum absolute atomic E-state index is 10.6. The number of anilines is 1. The molecule has 1 saturated heterocycles. The molecular formula is C20H28ClN3O2. The van der Waals surface area contributed by atoms with Gasteiger partial charge in [0.2, 0.25) is 0 Å². The molecule has 6 heteroatoms.